The summed E-state index contributed by atoms with van der Waals surface area (Å²) in [5.41, 5.74) is 8.20. The van der Waals surface area contributed by atoms with Crippen LogP contribution < -0.4 is 0 Å². The molecule has 0 atom stereocenters. The second-order valence-corrected chi connectivity index (χ2v) is 9.30. The molecule has 6 rings (SSSR count). The zero-order valence-corrected chi connectivity index (χ0v) is 21.6. The molecule has 4 aromatic heterocycles. The summed E-state index contributed by atoms with van der Waals surface area (Å²) < 4.78 is 0. The molecule has 0 amide bonds. The molecule has 0 saturated heterocycles. The van der Waals surface area contributed by atoms with Crippen molar-refractivity contribution in [3.8, 4) is 22.8 Å². The minimum atomic E-state index is -0.132. The summed E-state index contributed by atoms with van der Waals surface area (Å²) in [6, 6.07) is 15.8. The normalized spacial score (nSPS) is 12.4. The first-order chi connectivity index (χ1) is 18.6. The van der Waals surface area contributed by atoms with E-state index in [1.54, 1.807) is 24.8 Å². The van der Waals surface area contributed by atoms with Crippen LogP contribution in [0.15, 0.2) is 84.5 Å². The summed E-state index contributed by atoms with van der Waals surface area (Å²) in [5.74, 6) is 2.96. The molecule has 2 N–H and O–H groups in total. The number of H-pyrrole nitrogens is 2. The first-order valence-corrected chi connectivity index (χ1v) is 12.9. The molecule has 0 radical (unpaired) electrons. The van der Waals surface area contributed by atoms with Crippen molar-refractivity contribution in [2.75, 3.05) is 0 Å². The standard InChI is InChI=1S/C30H28N8/c1-4-18(3)21(5-2)26(29-35-22-10-8-19(16-24(22)37-29)27-31-12-6-13-32-27)30-36-23-11-9-20(17-25(23)38-30)28-33-14-7-15-34-28/h6-17,26H,4-5H2,1-3H3,(H,35,37)(H,36,38). The van der Waals surface area contributed by atoms with Gasteiger partial charge in [0.05, 0.1) is 28.0 Å². The third-order valence-electron chi connectivity index (χ3n) is 7.01. The van der Waals surface area contributed by atoms with E-state index < -0.39 is 0 Å². The lowest BCUT2D eigenvalue weighted by atomic mass is 9.90. The molecule has 188 valence electrons. The highest BCUT2D eigenvalue weighted by molar-refractivity contribution is 5.82. The number of fused-ring (bicyclic) bond motifs is 2. The predicted octanol–water partition coefficient (Wildman–Crippen LogP) is 6.62. The van der Waals surface area contributed by atoms with Crippen molar-refractivity contribution in [1.82, 2.24) is 39.9 Å². The Labute approximate surface area is 220 Å². The molecule has 0 aliphatic carbocycles. The number of hydrogen-bond acceptors (Lipinski definition) is 6. The van der Waals surface area contributed by atoms with Gasteiger partial charge in [0.2, 0.25) is 0 Å². The summed E-state index contributed by atoms with van der Waals surface area (Å²) in [7, 11) is 0. The monoisotopic (exact) mass is 500 g/mol. The third kappa shape index (κ3) is 4.34. The van der Waals surface area contributed by atoms with Gasteiger partial charge in [0.1, 0.15) is 11.6 Å². The first-order valence-electron chi connectivity index (χ1n) is 12.9. The molecular weight excluding hydrogens is 472 g/mol. The molecule has 4 heterocycles. The van der Waals surface area contributed by atoms with Crippen molar-refractivity contribution < 1.29 is 0 Å². The highest BCUT2D eigenvalue weighted by Gasteiger charge is 2.26. The van der Waals surface area contributed by atoms with Crippen molar-refractivity contribution in [2.45, 2.75) is 39.5 Å². The minimum Gasteiger partial charge on any atom is -0.341 e. The fourth-order valence-corrected chi connectivity index (χ4v) is 4.94. The highest BCUT2D eigenvalue weighted by Crippen LogP contribution is 2.36. The van der Waals surface area contributed by atoms with Gasteiger partial charge < -0.3 is 9.97 Å². The van der Waals surface area contributed by atoms with Gasteiger partial charge in [-0.25, -0.2) is 29.9 Å². The maximum atomic E-state index is 5.07. The van der Waals surface area contributed by atoms with Crippen LogP contribution in [0.3, 0.4) is 0 Å². The smallest absolute Gasteiger partial charge is 0.159 e. The minimum absolute atomic E-state index is 0.132. The zero-order chi connectivity index (χ0) is 26.1. The average molecular weight is 501 g/mol. The quantitative estimate of drug-likeness (QED) is 0.238. The van der Waals surface area contributed by atoms with Gasteiger partial charge in [-0.2, -0.15) is 0 Å². The van der Waals surface area contributed by atoms with E-state index in [9.17, 15) is 0 Å². The van der Waals surface area contributed by atoms with E-state index in [0.29, 0.717) is 11.6 Å². The summed E-state index contributed by atoms with van der Waals surface area (Å²) in [6.07, 6.45) is 8.86. The van der Waals surface area contributed by atoms with Crippen LogP contribution in [-0.2, 0) is 0 Å². The fraction of sp³-hybridized carbons (Fsp3) is 0.200. The maximum Gasteiger partial charge on any atom is 0.159 e. The predicted molar refractivity (Wildman–Crippen MR) is 149 cm³/mol. The Morgan fingerprint density at radius 2 is 1.16 bits per heavy atom. The first kappa shape index (κ1) is 23.7. The third-order valence-corrected chi connectivity index (χ3v) is 7.01. The lowest BCUT2D eigenvalue weighted by Gasteiger charge is -2.18. The van der Waals surface area contributed by atoms with E-state index in [4.69, 9.17) is 9.97 Å². The molecule has 0 saturated carbocycles. The second kappa shape index (κ2) is 9.97. The van der Waals surface area contributed by atoms with E-state index in [-0.39, 0.29) is 5.92 Å². The van der Waals surface area contributed by atoms with Crippen LogP contribution in [0.1, 0.15) is 51.2 Å². The highest BCUT2D eigenvalue weighted by atomic mass is 15.0. The second-order valence-electron chi connectivity index (χ2n) is 9.30. The molecule has 0 spiro atoms. The number of hydrogen-bond donors (Lipinski definition) is 2. The molecule has 8 nitrogen and oxygen atoms in total. The molecule has 2 aromatic carbocycles. The van der Waals surface area contributed by atoms with E-state index in [0.717, 1.165) is 57.7 Å². The molecule has 6 aromatic rings. The van der Waals surface area contributed by atoms with Crippen molar-refractivity contribution in [1.29, 1.82) is 0 Å². The van der Waals surface area contributed by atoms with Crippen LogP contribution in [0.25, 0.3) is 44.8 Å². The molecule has 0 bridgehead atoms. The number of allylic oxidation sites excluding steroid dienone is 2. The van der Waals surface area contributed by atoms with Gasteiger partial charge in [0.15, 0.2) is 11.6 Å². The number of rotatable bonds is 7. The Hall–Kier alpha value is -4.72. The van der Waals surface area contributed by atoms with Crippen LogP contribution in [0.2, 0.25) is 0 Å². The summed E-state index contributed by atoms with van der Waals surface area (Å²) in [4.78, 5) is 34.9. The van der Waals surface area contributed by atoms with Crippen LogP contribution in [0.4, 0.5) is 0 Å². The lowest BCUT2D eigenvalue weighted by molar-refractivity contribution is 0.759. The van der Waals surface area contributed by atoms with Gasteiger partial charge in [-0.1, -0.05) is 25.0 Å². The fourth-order valence-electron chi connectivity index (χ4n) is 4.94. The Kier molecular flexibility index (Phi) is 6.21. The van der Waals surface area contributed by atoms with Crippen molar-refractivity contribution in [3.05, 3.63) is 96.1 Å². The zero-order valence-electron chi connectivity index (χ0n) is 21.6. The van der Waals surface area contributed by atoms with Gasteiger partial charge in [-0.15, -0.1) is 0 Å². The number of aromatic amines is 2. The molecular formula is C30H28N8. The van der Waals surface area contributed by atoms with E-state index in [1.807, 2.05) is 48.5 Å². The molecule has 0 fully saturated rings. The molecule has 0 aliphatic heterocycles. The van der Waals surface area contributed by atoms with E-state index in [1.165, 1.54) is 11.1 Å². The van der Waals surface area contributed by atoms with E-state index in [2.05, 4.69) is 50.7 Å². The van der Waals surface area contributed by atoms with Gasteiger partial charge in [-0.05, 0) is 68.3 Å². The van der Waals surface area contributed by atoms with Crippen LogP contribution in [0, 0.1) is 0 Å². The number of benzene rings is 2. The van der Waals surface area contributed by atoms with Crippen LogP contribution >= 0.6 is 0 Å². The lowest BCUT2D eigenvalue weighted by Crippen LogP contribution is -2.10. The van der Waals surface area contributed by atoms with Gasteiger partial charge in [0, 0.05) is 35.9 Å². The molecule has 38 heavy (non-hydrogen) atoms. The summed E-state index contributed by atoms with van der Waals surface area (Å²) >= 11 is 0. The van der Waals surface area contributed by atoms with Crippen LogP contribution in [0.5, 0.6) is 0 Å². The van der Waals surface area contributed by atoms with Gasteiger partial charge in [0.25, 0.3) is 0 Å². The Morgan fingerprint density at radius 1 is 0.684 bits per heavy atom. The number of nitrogens with one attached hydrogen (secondary N) is 2. The largest absolute Gasteiger partial charge is 0.341 e. The molecule has 0 aliphatic rings. The summed E-state index contributed by atoms with van der Waals surface area (Å²) in [6.45, 7) is 6.59. The van der Waals surface area contributed by atoms with Crippen molar-refractivity contribution in [2.24, 2.45) is 0 Å². The molecule has 0 unspecified atom stereocenters. The SMILES string of the molecule is CCC(C)=C(CC)C(c1nc2cc(-c3ncccn3)ccc2[nH]1)c1nc2cc(-c3ncccn3)ccc2[nH]1. The number of aromatic nitrogens is 8. The maximum absolute atomic E-state index is 5.07. The topological polar surface area (TPSA) is 109 Å². The van der Waals surface area contributed by atoms with Gasteiger partial charge in [-0.3, -0.25) is 0 Å². The van der Waals surface area contributed by atoms with Crippen molar-refractivity contribution in [3.63, 3.8) is 0 Å². The number of imidazole rings is 2. The molecule has 8 heteroatoms. The average Bonchev–Trinajstić information content (AvgIpc) is 3.59. The number of nitrogens with zero attached hydrogens (tertiary/aromatic N) is 6. The Bertz CT molecular complexity index is 1630. The summed E-state index contributed by atoms with van der Waals surface area (Å²) in [5, 5.41) is 0. The van der Waals surface area contributed by atoms with Gasteiger partial charge >= 0.3 is 0 Å². The van der Waals surface area contributed by atoms with Crippen molar-refractivity contribution >= 4 is 22.1 Å². The van der Waals surface area contributed by atoms with Crippen LogP contribution in [-0.4, -0.2) is 39.9 Å². The Morgan fingerprint density at radius 3 is 1.58 bits per heavy atom. The van der Waals surface area contributed by atoms with E-state index >= 15 is 0 Å². The Balaban J connectivity index is 1.47.